The summed E-state index contributed by atoms with van der Waals surface area (Å²) >= 11 is 0. The lowest BCUT2D eigenvalue weighted by Gasteiger charge is -2.30. The number of methoxy groups -OCH3 is 1. The molecular weight excluding hydrogens is 254 g/mol. The Kier molecular flexibility index (Phi) is 3.92. The first-order valence-electron chi connectivity index (χ1n) is 6.95. The lowest BCUT2D eigenvalue weighted by Crippen LogP contribution is -2.36. The van der Waals surface area contributed by atoms with E-state index in [1.165, 1.54) is 18.4 Å². The van der Waals surface area contributed by atoms with Crippen molar-refractivity contribution in [2.45, 2.75) is 18.9 Å². The van der Waals surface area contributed by atoms with Crippen LogP contribution in [0.1, 0.15) is 24.4 Å². The zero-order valence-electron chi connectivity index (χ0n) is 11.6. The van der Waals surface area contributed by atoms with Gasteiger partial charge in [-0.05, 0) is 53.4 Å². The van der Waals surface area contributed by atoms with Crippen molar-refractivity contribution in [3.63, 3.8) is 0 Å². The molecule has 0 saturated carbocycles. The number of aromatic nitrogens is 4. The fourth-order valence-electron chi connectivity index (χ4n) is 2.89. The van der Waals surface area contributed by atoms with Crippen molar-refractivity contribution < 1.29 is 4.74 Å². The maximum Gasteiger partial charge on any atom is 0.138 e. The summed E-state index contributed by atoms with van der Waals surface area (Å²) in [6.45, 7) is 2.10. The third-order valence-electron chi connectivity index (χ3n) is 3.89. The van der Waals surface area contributed by atoms with Crippen molar-refractivity contribution >= 4 is 0 Å². The van der Waals surface area contributed by atoms with E-state index in [-0.39, 0.29) is 6.04 Å². The van der Waals surface area contributed by atoms with Gasteiger partial charge in [0.1, 0.15) is 12.1 Å². The van der Waals surface area contributed by atoms with Crippen molar-refractivity contribution in [2.75, 3.05) is 20.2 Å². The Morgan fingerprint density at radius 2 is 2.20 bits per heavy atom. The highest BCUT2D eigenvalue weighted by molar-refractivity contribution is 5.29. The van der Waals surface area contributed by atoms with Crippen LogP contribution >= 0.6 is 0 Å². The highest BCUT2D eigenvalue weighted by atomic mass is 16.5. The van der Waals surface area contributed by atoms with Crippen LogP contribution in [-0.4, -0.2) is 40.4 Å². The molecule has 1 fully saturated rings. The minimum absolute atomic E-state index is 0.170. The molecule has 3 rings (SSSR count). The molecule has 1 aromatic heterocycles. The largest absolute Gasteiger partial charge is 0.497 e. The van der Waals surface area contributed by atoms with E-state index in [9.17, 15) is 0 Å². The third-order valence-corrected chi connectivity index (χ3v) is 3.89. The lowest BCUT2D eigenvalue weighted by molar-refractivity contribution is 0.278. The summed E-state index contributed by atoms with van der Waals surface area (Å²) in [6, 6.07) is 8.34. The van der Waals surface area contributed by atoms with E-state index in [4.69, 9.17) is 4.74 Å². The summed E-state index contributed by atoms with van der Waals surface area (Å²) in [6.07, 6.45) is 4.08. The predicted octanol–water partition coefficient (Wildman–Crippen LogP) is 1.27. The molecule has 2 aromatic rings. The molecule has 1 aliphatic heterocycles. The molecule has 106 valence electrons. The van der Waals surface area contributed by atoms with Gasteiger partial charge in [-0.2, -0.15) is 0 Å². The summed E-state index contributed by atoms with van der Waals surface area (Å²) in [5.41, 5.74) is 1.21. The van der Waals surface area contributed by atoms with Gasteiger partial charge in [0.05, 0.1) is 13.2 Å². The van der Waals surface area contributed by atoms with E-state index >= 15 is 0 Å². The second-order valence-electron chi connectivity index (χ2n) is 5.11. The fourth-order valence-corrected chi connectivity index (χ4v) is 2.89. The van der Waals surface area contributed by atoms with E-state index in [0.717, 1.165) is 18.8 Å². The van der Waals surface area contributed by atoms with Gasteiger partial charge in [-0.15, -0.1) is 5.10 Å². The Balaban J connectivity index is 1.91. The standard InChI is InChI=1S/C14H19N5O/c1-20-13-6-4-11(5-7-13)14(19-10-16-17-18-19)12-3-2-8-15-9-12/h4-7,10,12,14-15H,2-3,8-9H2,1H3/t12-,14+/m0/s1. The average Bonchev–Trinajstić information content (AvgIpc) is 3.03. The first kappa shape index (κ1) is 13.1. The molecule has 1 N–H and O–H groups in total. The molecule has 0 amide bonds. The Hall–Kier alpha value is -1.95. The quantitative estimate of drug-likeness (QED) is 0.909. The lowest BCUT2D eigenvalue weighted by atomic mass is 9.87. The van der Waals surface area contributed by atoms with E-state index in [1.54, 1.807) is 13.4 Å². The van der Waals surface area contributed by atoms with E-state index in [2.05, 4.69) is 33.0 Å². The van der Waals surface area contributed by atoms with E-state index < -0.39 is 0 Å². The zero-order chi connectivity index (χ0) is 13.8. The molecule has 20 heavy (non-hydrogen) atoms. The molecular formula is C14H19N5O. The smallest absolute Gasteiger partial charge is 0.138 e. The van der Waals surface area contributed by atoms with Crippen molar-refractivity contribution in [2.24, 2.45) is 5.92 Å². The molecule has 1 saturated heterocycles. The Bertz CT molecular complexity index is 519. The van der Waals surface area contributed by atoms with Gasteiger partial charge in [-0.1, -0.05) is 12.1 Å². The maximum absolute atomic E-state index is 5.23. The number of benzene rings is 1. The summed E-state index contributed by atoms with van der Waals surface area (Å²) in [4.78, 5) is 0. The molecule has 6 heteroatoms. The van der Waals surface area contributed by atoms with Gasteiger partial charge in [0.25, 0.3) is 0 Å². The van der Waals surface area contributed by atoms with Crippen LogP contribution in [0.5, 0.6) is 5.75 Å². The highest BCUT2D eigenvalue weighted by Gasteiger charge is 2.27. The van der Waals surface area contributed by atoms with Gasteiger partial charge in [0.15, 0.2) is 0 Å². The monoisotopic (exact) mass is 273 g/mol. The van der Waals surface area contributed by atoms with Gasteiger partial charge in [0.2, 0.25) is 0 Å². The van der Waals surface area contributed by atoms with Crippen LogP contribution < -0.4 is 10.1 Å². The topological polar surface area (TPSA) is 64.9 Å². The van der Waals surface area contributed by atoms with Gasteiger partial charge in [0, 0.05) is 6.54 Å². The number of piperidine rings is 1. The second kappa shape index (κ2) is 6.00. The normalized spacial score (nSPS) is 20.6. The Labute approximate surface area is 118 Å². The van der Waals surface area contributed by atoms with E-state index in [0.29, 0.717) is 5.92 Å². The molecule has 6 nitrogen and oxygen atoms in total. The predicted molar refractivity (Wildman–Crippen MR) is 74.5 cm³/mol. The maximum atomic E-state index is 5.23. The Morgan fingerprint density at radius 3 is 2.80 bits per heavy atom. The second-order valence-corrected chi connectivity index (χ2v) is 5.11. The number of nitrogens with zero attached hydrogens (tertiary/aromatic N) is 4. The molecule has 0 radical (unpaired) electrons. The fraction of sp³-hybridized carbons (Fsp3) is 0.500. The first-order chi connectivity index (χ1) is 9.88. The van der Waals surface area contributed by atoms with Crippen molar-refractivity contribution in [3.8, 4) is 5.75 Å². The minimum Gasteiger partial charge on any atom is -0.497 e. The summed E-state index contributed by atoms with van der Waals surface area (Å²) < 4.78 is 7.09. The van der Waals surface area contributed by atoms with Gasteiger partial charge < -0.3 is 10.1 Å². The number of hydrogen-bond acceptors (Lipinski definition) is 5. The first-order valence-corrected chi connectivity index (χ1v) is 6.95. The zero-order valence-corrected chi connectivity index (χ0v) is 11.6. The van der Waals surface area contributed by atoms with Crippen molar-refractivity contribution in [3.05, 3.63) is 36.2 Å². The van der Waals surface area contributed by atoms with Crippen LogP contribution in [0, 0.1) is 5.92 Å². The van der Waals surface area contributed by atoms with Gasteiger partial charge >= 0.3 is 0 Å². The SMILES string of the molecule is COc1ccc([C@H]([C@H]2CCCNC2)n2cnnn2)cc1. The molecule has 2 atom stereocenters. The van der Waals surface area contributed by atoms with Crippen LogP contribution in [-0.2, 0) is 0 Å². The van der Waals surface area contributed by atoms with Crippen LogP contribution in [0.4, 0.5) is 0 Å². The number of nitrogens with one attached hydrogen (secondary N) is 1. The third kappa shape index (κ3) is 2.65. The minimum atomic E-state index is 0.170. The number of ether oxygens (including phenoxy) is 1. The van der Waals surface area contributed by atoms with Gasteiger partial charge in [-0.25, -0.2) is 4.68 Å². The van der Waals surface area contributed by atoms with Crippen LogP contribution in [0.2, 0.25) is 0 Å². The Morgan fingerprint density at radius 1 is 1.35 bits per heavy atom. The molecule has 0 aliphatic carbocycles. The van der Waals surface area contributed by atoms with Crippen molar-refractivity contribution in [1.82, 2.24) is 25.5 Å². The molecule has 0 spiro atoms. The number of rotatable bonds is 4. The summed E-state index contributed by atoms with van der Waals surface area (Å²) in [5.74, 6) is 1.37. The van der Waals surface area contributed by atoms with E-state index in [1.807, 2.05) is 16.8 Å². The highest BCUT2D eigenvalue weighted by Crippen LogP contribution is 2.31. The van der Waals surface area contributed by atoms with Crippen LogP contribution in [0.25, 0.3) is 0 Å². The summed E-state index contributed by atoms with van der Waals surface area (Å²) in [5, 5.41) is 15.1. The van der Waals surface area contributed by atoms with Crippen LogP contribution in [0.3, 0.4) is 0 Å². The average molecular weight is 273 g/mol. The molecule has 0 bridgehead atoms. The molecule has 0 unspecified atom stereocenters. The molecule has 2 heterocycles. The molecule has 1 aliphatic rings. The number of hydrogen-bond donors (Lipinski definition) is 1. The summed E-state index contributed by atoms with van der Waals surface area (Å²) in [7, 11) is 1.68. The van der Waals surface area contributed by atoms with Crippen LogP contribution in [0.15, 0.2) is 30.6 Å². The van der Waals surface area contributed by atoms with Gasteiger partial charge in [-0.3, -0.25) is 0 Å². The number of tetrazole rings is 1. The van der Waals surface area contributed by atoms with Crippen molar-refractivity contribution in [1.29, 1.82) is 0 Å². The molecule has 1 aromatic carbocycles.